The minimum Gasteiger partial charge on any atom is -0.436 e. The number of benzene rings is 2. The number of halogens is 1. The van der Waals surface area contributed by atoms with Gasteiger partial charge in [-0.15, -0.1) is 0 Å². The summed E-state index contributed by atoms with van der Waals surface area (Å²) in [5.41, 5.74) is 1.01. The Morgan fingerprint density at radius 1 is 1.17 bits per heavy atom. The second-order valence-corrected chi connectivity index (χ2v) is 7.34. The van der Waals surface area contributed by atoms with Crippen molar-refractivity contribution in [2.75, 3.05) is 23.3 Å². The number of hydrogen-bond acceptors (Lipinski definition) is 5. The molecule has 1 aromatic heterocycles. The number of ether oxygens (including phenoxy) is 1. The predicted octanol–water partition coefficient (Wildman–Crippen LogP) is 4.57. The molecule has 154 valence electrons. The number of amides is 1. The number of carbonyl (C=O) groups is 1. The second kappa shape index (κ2) is 8.90. The Morgan fingerprint density at radius 3 is 2.77 bits per heavy atom. The van der Waals surface area contributed by atoms with E-state index in [1.54, 1.807) is 31.5 Å². The van der Waals surface area contributed by atoms with E-state index in [9.17, 15) is 9.18 Å². The van der Waals surface area contributed by atoms with E-state index in [1.807, 2.05) is 35.2 Å². The Morgan fingerprint density at radius 2 is 1.97 bits per heavy atom. The van der Waals surface area contributed by atoms with E-state index in [4.69, 9.17) is 4.74 Å². The number of para-hydroxylation sites is 1. The van der Waals surface area contributed by atoms with Crippen molar-refractivity contribution in [1.29, 1.82) is 0 Å². The molecular weight excluding hydrogens is 383 g/mol. The van der Waals surface area contributed by atoms with E-state index in [2.05, 4.69) is 15.3 Å². The highest BCUT2D eigenvalue weighted by molar-refractivity contribution is 5.93. The zero-order valence-electron chi connectivity index (χ0n) is 16.7. The minimum atomic E-state index is -0.333. The van der Waals surface area contributed by atoms with Crippen LogP contribution in [0.2, 0.25) is 0 Å². The summed E-state index contributed by atoms with van der Waals surface area (Å²) >= 11 is 0. The second-order valence-electron chi connectivity index (χ2n) is 7.34. The Bertz CT molecular complexity index is 1030. The first-order valence-corrected chi connectivity index (χ1v) is 9.96. The molecule has 0 bridgehead atoms. The monoisotopic (exact) mass is 406 g/mol. The van der Waals surface area contributed by atoms with E-state index >= 15 is 0 Å². The quantitative estimate of drug-likeness (QED) is 0.672. The van der Waals surface area contributed by atoms with Gasteiger partial charge in [0.05, 0.1) is 5.92 Å². The van der Waals surface area contributed by atoms with Crippen LogP contribution in [0.1, 0.15) is 18.4 Å². The fraction of sp³-hybridized carbons (Fsp3) is 0.261. The molecule has 30 heavy (non-hydrogen) atoms. The Hall–Kier alpha value is -3.48. The third-order valence-corrected chi connectivity index (χ3v) is 5.14. The lowest BCUT2D eigenvalue weighted by atomic mass is 9.97. The van der Waals surface area contributed by atoms with Crippen molar-refractivity contribution in [2.24, 2.45) is 5.92 Å². The predicted molar refractivity (Wildman–Crippen MR) is 113 cm³/mol. The van der Waals surface area contributed by atoms with Crippen LogP contribution in [0.25, 0.3) is 0 Å². The van der Waals surface area contributed by atoms with Crippen molar-refractivity contribution >= 4 is 17.4 Å². The number of nitrogens with zero attached hydrogens (tertiary/aromatic N) is 3. The number of hydrogen-bond donors (Lipinski definition) is 1. The van der Waals surface area contributed by atoms with Gasteiger partial charge >= 0.3 is 0 Å². The highest BCUT2D eigenvalue weighted by Crippen LogP contribution is 2.31. The molecule has 1 saturated heterocycles. The first-order valence-electron chi connectivity index (χ1n) is 9.96. The van der Waals surface area contributed by atoms with Crippen molar-refractivity contribution < 1.29 is 13.9 Å². The molecule has 1 aliphatic rings. The van der Waals surface area contributed by atoms with Gasteiger partial charge < -0.3 is 15.0 Å². The highest BCUT2D eigenvalue weighted by Gasteiger charge is 2.28. The molecule has 4 rings (SSSR count). The van der Waals surface area contributed by atoms with Gasteiger partial charge in [0.25, 0.3) is 5.88 Å². The van der Waals surface area contributed by atoms with Gasteiger partial charge in [-0.05, 0) is 49.6 Å². The molecule has 6 nitrogen and oxygen atoms in total. The molecular formula is C23H23FN4O2. The highest BCUT2D eigenvalue weighted by atomic mass is 19.1. The van der Waals surface area contributed by atoms with Gasteiger partial charge in [-0.25, -0.2) is 14.4 Å². The summed E-state index contributed by atoms with van der Waals surface area (Å²) in [4.78, 5) is 23.6. The summed E-state index contributed by atoms with van der Waals surface area (Å²) < 4.78 is 19.7. The number of anilines is 2. The van der Waals surface area contributed by atoms with Gasteiger partial charge in [-0.3, -0.25) is 4.79 Å². The van der Waals surface area contributed by atoms with Crippen molar-refractivity contribution in [3.05, 3.63) is 72.3 Å². The molecule has 0 saturated carbocycles. The molecule has 2 heterocycles. The van der Waals surface area contributed by atoms with Crippen molar-refractivity contribution in [2.45, 2.75) is 19.8 Å². The molecule has 7 heteroatoms. The summed E-state index contributed by atoms with van der Waals surface area (Å²) in [6, 6.07) is 14.1. The zero-order valence-corrected chi connectivity index (χ0v) is 16.7. The van der Waals surface area contributed by atoms with Crippen LogP contribution >= 0.6 is 0 Å². The van der Waals surface area contributed by atoms with Crippen molar-refractivity contribution in [1.82, 2.24) is 9.97 Å². The first kappa shape index (κ1) is 19.8. The molecule has 0 radical (unpaired) electrons. The van der Waals surface area contributed by atoms with Crippen LogP contribution in [-0.4, -0.2) is 29.0 Å². The largest absolute Gasteiger partial charge is 0.436 e. The van der Waals surface area contributed by atoms with Crippen LogP contribution in [0.5, 0.6) is 11.6 Å². The molecule has 1 atom stereocenters. The Balaban J connectivity index is 1.47. The number of piperidine rings is 1. The van der Waals surface area contributed by atoms with E-state index in [0.717, 1.165) is 19.4 Å². The molecule has 0 spiro atoms. The third kappa shape index (κ3) is 4.56. The standard InChI is InChI=1S/C23H23FN4O2/c1-16-9-10-18(14-20(16)24)27-22(29)17-6-5-13-28(15-17)21-23(26-12-11-25-21)30-19-7-3-2-4-8-19/h2-4,7-12,14,17H,5-6,13,15H2,1H3,(H,27,29)/t17-/m0/s1. The van der Waals surface area contributed by atoms with E-state index in [1.165, 1.54) is 6.07 Å². The smallest absolute Gasteiger partial charge is 0.263 e. The first-order chi connectivity index (χ1) is 14.6. The topological polar surface area (TPSA) is 67.4 Å². The van der Waals surface area contributed by atoms with Crippen molar-refractivity contribution in [3.63, 3.8) is 0 Å². The van der Waals surface area contributed by atoms with Crippen LogP contribution in [0.15, 0.2) is 60.9 Å². The van der Waals surface area contributed by atoms with Gasteiger partial charge in [-0.2, -0.15) is 0 Å². The van der Waals surface area contributed by atoms with Gasteiger partial charge in [0.15, 0.2) is 5.82 Å². The maximum absolute atomic E-state index is 13.8. The van der Waals surface area contributed by atoms with Crippen LogP contribution in [0.4, 0.5) is 15.9 Å². The lowest BCUT2D eigenvalue weighted by molar-refractivity contribution is -0.120. The molecule has 1 N–H and O–H groups in total. The number of carbonyl (C=O) groups excluding carboxylic acids is 1. The summed E-state index contributed by atoms with van der Waals surface area (Å²) in [5.74, 6) is 0.991. The molecule has 1 amide bonds. The third-order valence-electron chi connectivity index (χ3n) is 5.14. The van der Waals surface area contributed by atoms with Gasteiger partial charge in [-0.1, -0.05) is 24.3 Å². The normalized spacial score (nSPS) is 16.2. The molecule has 1 fully saturated rings. The summed E-state index contributed by atoms with van der Waals surface area (Å²) in [7, 11) is 0. The van der Waals surface area contributed by atoms with Gasteiger partial charge in [0.1, 0.15) is 11.6 Å². The Labute approximate surface area is 174 Å². The molecule has 1 aliphatic heterocycles. The zero-order chi connectivity index (χ0) is 20.9. The molecule has 0 unspecified atom stereocenters. The lowest BCUT2D eigenvalue weighted by Gasteiger charge is -2.33. The van der Waals surface area contributed by atoms with Crippen LogP contribution in [0, 0.1) is 18.7 Å². The van der Waals surface area contributed by atoms with Crippen molar-refractivity contribution in [3.8, 4) is 11.6 Å². The number of rotatable bonds is 5. The van der Waals surface area contributed by atoms with E-state index < -0.39 is 0 Å². The number of aromatic nitrogens is 2. The average molecular weight is 406 g/mol. The molecule has 0 aliphatic carbocycles. The SMILES string of the molecule is Cc1ccc(NC(=O)[C@H]2CCCN(c3nccnc3Oc3ccccc3)C2)cc1F. The summed E-state index contributed by atoms with van der Waals surface area (Å²) in [5, 5.41) is 2.83. The minimum absolute atomic E-state index is 0.127. The van der Waals surface area contributed by atoms with Crippen LogP contribution < -0.4 is 15.0 Å². The maximum atomic E-state index is 13.8. The fourth-order valence-corrected chi connectivity index (χ4v) is 3.51. The number of nitrogens with one attached hydrogen (secondary N) is 1. The molecule has 2 aromatic carbocycles. The fourth-order valence-electron chi connectivity index (χ4n) is 3.51. The number of aryl methyl sites for hydroxylation is 1. The Kier molecular flexibility index (Phi) is 5.88. The maximum Gasteiger partial charge on any atom is 0.263 e. The average Bonchev–Trinajstić information content (AvgIpc) is 2.77. The molecule has 3 aromatic rings. The van der Waals surface area contributed by atoms with Gasteiger partial charge in [0, 0.05) is 31.2 Å². The van der Waals surface area contributed by atoms with Gasteiger partial charge in [0.2, 0.25) is 5.91 Å². The van der Waals surface area contributed by atoms with E-state index in [0.29, 0.717) is 35.2 Å². The lowest BCUT2D eigenvalue weighted by Crippen LogP contribution is -2.41. The van der Waals surface area contributed by atoms with Crippen LogP contribution in [-0.2, 0) is 4.79 Å². The van der Waals surface area contributed by atoms with Crippen LogP contribution in [0.3, 0.4) is 0 Å². The van der Waals surface area contributed by atoms with E-state index in [-0.39, 0.29) is 17.6 Å². The summed E-state index contributed by atoms with van der Waals surface area (Å²) in [6.45, 7) is 2.94. The summed E-state index contributed by atoms with van der Waals surface area (Å²) in [6.07, 6.45) is 4.79.